The van der Waals surface area contributed by atoms with Gasteiger partial charge in [0.2, 0.25) is 5.95 Å². The van der Waals surface area contributed by atoms with E-state index in [-0.39, 0.29) is 5.91 Å². The molecule has 2 aliphatic rings. The average Bonchev–Trinajstić information content (AvgIpc) is 3.10. The monoisotopic (exact) mass is 368 g/mol. The molecule has 2 aliphatic heterocycles. The lowest BCUT2D eigenvalue weighted by atomic mass is 10.0. The molecule has 0 atom stereocenters. The average molecular weight is 368 g/mol. The molecule has 1 N–H and O–H groups in total. The van der Waals surface area contributed by atoms with Crippen LogP contribution in [-0.4, -0.2) is 48.0 Å². The molecule has 2 saturated heterocycles. The van der Waals surface area contributed by atoms with Crippen LogP contribution in [0.1, 0.15) is 34.6 Å². The summed E-state index contributed by atoms with van der Waals surface area (Å²) in [5.41, 5.74) is 2.98. The Balaban J connectivity index is 1.49. The van der Waals surface area contributed by atoms with Crippen LogP contribution in [0.3, 0.4) is 0 Å². The normalized spacial score (nSPS) is 18.7. The highest BCUT2D eigenvalue weighted by molar-refractivity contribution is 6.03. The first kappa shape index (κ1) is 17.9. The zero-order valence-electron chi connectivity index (χ0n) is 15.7. The van der Waals surface area contributed by atoms with Crippen molar-refractivity contribution >= 4 is 17.5 Å². The Morgan fingerprint density at radius 3 is 2.56 bits per heavy atom. The molecule has 1 spiro atoms. The number of aromatic nitrogens is 2. The maximum atomic E-state index is 12.7. The lowest BCUT2D eigenvalue weighted by Gasteiger charge is -2.37. The molecule has 1 aromatic carbocycles. The summed E-state index contributed by atoms with van der Waals surface area (Å²) in [6, 6.07) is 9.41. The number of anilines is 2. The molecule has 1 amide bonds. The van der Waals surface area contributed by atoms with Gasteiger partial charge in [-0.05, 0) is 37.6 Å². The van der Waals surface area contributed by atoms with Crippen LogP contribution >= 0.6 is 0 Å². The smallest absolute Gasteiger partial charge is 0.274 e. The molecule has 2 fully saturated rings. The third kappa shape index (κ3) is 3.94. The molecule has 2 aromatic rings. The number of carbonyl (C=O) groups excluding carboxylic acids is 1. The lowest BCUT2D eigenvalue weighted by molar-refractivity contribution is -0.169. The fraction of sp³-hybridized carbons (Fsp3) is 0.450. The van der Waals surface area contributed by atoms with Gasteiger partial charge in [0, 0.05) is 37.3 Å². The van der Waals surface area contributed by atoms with E-state index in [9.17, 15) is 4.79 Å². The molecule has 0 saturated carbocycles. The van der Waals surface area contributed by atoms with Crippen molar-refractivity contribution in [2.45, 2.75) is 32.5 Å². The highest BCUT2D eigenvalue weighted by Gasteiger charge is 2.40. The van der Waals surface area contributed by atoms with Gasteiger partial charge in [-0.1, -0.05) is 12.1 Å². The van der Waals surface area contributed by atoms with Crippen molar-refractivity contribution in [3.63, 3.8) is 0 Å². The number of ether oxygens (including phenoxy) is 2. The Morgan fingerprint density at radius 1 is 1.11 bits per heavy atom. The molecule has 27 heavy (non-hydrogen) atoms. The fourth-order valence-electron chi connectivity index (χ4n) is 3.56. The van der Waals surface area contributed by atoms with E-state index in [1.807, 2.05) is 38.1 Å². The van der Waals surface area contributed by atoms with Crippen LogP contribution in [0.15, 0.2) is 30.3 Å². The quantitative estimate of drug-likeness (QED) is 0.898. The van der Waals surface area contributed by atoms with Crippen LogP contribution in [-0.2, 0) is 9.47 Å². The van der Waals surface area contributed by atoms with Crippen LogP contribution in [0.25, 0.3) is 0 Å². The van der Waals surface area contributed by atoms with Crippen molar-refractivity contribution in [3.05, 3.63) is 47.3 Å². The van der Waals surface area contributed by atoms with Crippen LogP contribution in [0.4, 0.5) is 11.6 Å². The number of benzene rings is 1. The molecule has 0 radical (unpaired) electrons. The number of hydrogen-bond donors (Lipinski definition) is 1. The third-order valence-electron chi connectivity index (χ3n) is 4.97. The molecule has 3 heterocycles. The number of piperidine rings is 1. The fourth-order valence-corrected chi connectivity index (χ4v) is 3.56. The molecular weight excluding hydrogens is 344 g/mol. The van der Waals surface area contributed by atoms with E-state index in [1.54, 1.807) is 6.07 Å². The van der Waals surface area contributed by atoms with Crippen molar-refractivity contribution in [3.8, 4) is 0 Å². The Hall–Kier alpha value is -2.51. The van der Waals surface area contributed by atoms with Gasteiger partial charge in [-0.25, -0.2) is 9.97 Å². The summed E-state index contributed by atoms with van der Waals surface area (Å²) in [7, 11) is 0. The summed E-state index contributed by atoms with van der Waals surface area (Å²) < 4.78 is 11.5. The van der Waals surface area contributed by atoms with Crippen molar-refractivity contribution < 1.29 is 14.3 Å². The van der Waals surface area contributed by atoms with Gasteiger partial charge in [-0.2, -0.15) is 0 Å². The maximum Gasteiger partial charge on any atom is 0.274 e. The molecule has 7 heteroatoms. The van der Waals surface area contributed by atoms with E-state index in [0.29, 0.717) is 24.9 Å². The first-order chi connectivity index (χ1) is 13.0. The number of nitrogens with one attached hydrogen (secondary N) is 1. The van der Waals surface area contributed by atoms with Crippen LogP contribution in [0.5, 0.6) is 0 Å². The van der Waals surface area contributed by atoms with Gasteiger partial charge in [0.05, 0.1) is 13.2 Å². The molecular formula is C20H24N4O3. The zero-order valence-corrected chi connectivity index (χ0v) is 15.7. The highest BCUT2D eigenvalue weighted by Crippen LogP contribution is 2.32. The van der Waals surface area contributed by atoms with E-state index < -0.39 is 5.79 Å². The van der Waals surface area contributed by atoms with Gasteiger partial charge in [0.15, 0.2) is 5.79 Å². The molecule has 0 bridgehead atoms. The molecule has 0 unspecified atom stereocenters. The van der Waals surface area contributed by atoms with Gasteiger partial charge in [0.25, 0.3) is 5.91 Å². The van der Waals surface area contributed by atoms with Gasteiger partial charge < -0.3 is 19.7 Å². The minimum absolute atomic E-state index is 0.233. The standard InChI is InChI=1S/C20H24N4O3/c1-14-4-3-5-16(12-14)22-18(25)17-13-15(2)21-19(23-17)24-8-6-20(7-9-24)26-10-11-27-20/h3-5,12-13H,6-11H2,1-2H3,(H,22,25). The summed E-state index contributed by atoms with van der Waals surface area (Å²) >= 11 is 0. The van der Waals surface area contributed by atoms with E-state index in [2.05, 4.69) is 20.2 Å². The Labute approximate surface area is 158 Å². The van der Waals surface area contributed by atoms with Gasteiger partial charge >= 0.3 is 0 Å². The summed E-state index contributed by atoms with van der Waals surface area (Å²) in [6.07, 6.45) is 1.55. The second kappa shape index (κ2) is 7.25. The van der Waals surface area contributed by atoms with Gasteiger partial charge in [-0.15, -0.1) is 0 Å². The minimum Gasteiger partial charge on any atom is -0.347 e. The van der Waals surface area contributed by atoms with Crippen LogP contribution in [0.2, 0.25) is 0 Å². The first-order valence-electron chi connectivity index (χ1n) is 9.30. The number of carbonyl (C=O) groups is 1. The number of amides is 1. The predicted molar refractivity (Wildman–Crippen MR) is 102 cm³/mol. The molecule has 142 valence electrons. The zero-order chi connectivity index (χ0) is 18.9. The van der Waals surface area contributed by atoms with Gasteiger partial charge in [0.1, 0.15) is 5.69 Å². The number of hydrogen-bond acceptors (Lipinski definition) is 6. The SMILES string of the molecule is Cc1cccc(NC(=O)c2cc(C)nc(N3CCC4(CC3)OCCO4)n2)c1. The largest absolute Gasteiger partial charge is 0.347 e. The Bertz CT molecular complexity index is 839. The minimum atomic E-state index is -0.439. The summed E-state index contributed by atoms with van der Waals surface area (Å²) in [6.45, 7) is 6.66. The Kier molecular flexibility index (Phi) is 4.80. The lowest BCUT2D eigenvalue weighted by Crippen LogP contribution is -2.45. The van der Waals surface area contributed by atoms with Crippen molar-refractivity contribution in [1.82, 2.24) is 9.97 Å². The van der Waals surface area contributed by atoms with Crippen LogP contribution < -0.4 is 10.2 Å². The number of nitrogens with zero attached hydrogens (tertiary/aromatic N) is 3. The molecule has 4 rings (SSSR count). The molecule has 0 aliphatic carbocycles. The Morgan fingerprint density at radius 2 is 1.85 bits per heavy atom. The molecule has 1 aromatic heterocycles. The van der Waals surface area contributed by atoms with E-state index >= 15 is 0 Å². The topological polar surface area (TPSA) is 76.6 Å². The second-order valence-electron chi connectivity index (χ2n) is 7.11. The summed E-state index contributed by atoms with van der Waals surface area (Å²) in [5.74, 6) is -0.0911. The van der Waals surface area contributed by atoms with Crippen molar-refractivity contribution in [2.75, 3.05) is 36.5 Å². The van der Waals surface area contributed by atoms with Crippen molar-refractivity contribution in [1.29, 1.82) is 0 Å². The van der Waals surface area contributed by atoms with E-state index in [4.69, 9.17) is 9.47 Å². The second-order valence-corrected chi connectivity index (χ2v) is 7.11. The van der Waals surface area contributed by atoms with Gasteiger partial charge in [-0.3, -0.25) is 4.79 Å². The maximum absolute atomic E-state index is 12.7. The number of aryl methyl sites for hydroxylation is 2. The summed E-state index contributed by atoms with van der Waals surface area (Å²) in [4.78, 5) is 23.8. The van der Waals surface area contributed by atoms with Crippen molar-refractivity contribution in [2.24, 2.45) is 0 Å². The third-order valence-corrected chi connectivity index (χ3v) is 4.97. The summed E-state index contributed by atoms with van der Waals surface area (Å²) in [5, 5.41) is 2.91. The van der Waals surface area contributed by atoms with E-state index in [1.165, 1.54) is 0 Å². The first-order valence-corrected chi connectivity index (χ1v) is 9.30. The predicted octanol–water partition coefficient (Wildman–Crippen LogP) is 2.69. The molecule has 7 nitrogen and oxygen atoms in total. The van der Waals surface area contributed by atoms with Crippen LogP contribution in [0, 0.1) is 13.8 Å². The highest BCUT2D eigenvalue weighted by atomic mass is 16.7. The number of rotatable bonds is 3. The van der Waals surface area contributed by atoms with E-state index in [0.717, 1.165) is 42.9 Å².